The first-order valence-corrected chi connectivity index (χ1v) is 27.2. The van der Waals surface area contributed by atoms with Crippen molar-refractivity contribution in [2.75, 3.05) is 32.8 Å². The van der Waals surface area contributed by atoms with Gasteiger partial charge in [0.25, 0.3) is 0 Å². The Morgan fingerprint density at radius 1 is 0.615 bits per heavy atom. The molecule has 0 bridgehead atoms. The van der Waals surface area contributed by atoms with E-state index in [0.29, 0.717) is 12.0 Å². The van der Waals surface area contributed by atoms with Crippen molar-refractivity contribution in [1.29, 1.82) is 0 Å². The van der Waals surface area contributed by atoms with Crippen LogP contribution >= 0.6 is 0 Å². The molecule has 0 radical (unpaired) electrons. The number of benzene rings is 1. The van der Waals surface area contributed by atoms with Gasteiger partial charge in [-0.3, -0.25) is 47.9 Å². The number of aliphatic hydroxyl groups excluding tert-OH is 3. The summed E-state index contributed by atoms with van der Waals surface area (Å²) >= 11 is 0. The molecule has 26 heteroatoms. The minimum atomic E-state index is -1.79. The molecule has 1 heterocycles. The highest BCUT2D eigenvalue weighted by Gasteiger charge is 2.37. The molecule has 0 spiro atoms. The van der Waals surface area contributed by atoms with Crippen molar-refractivity contribution in [2.45, 2.75) is 191 Å². The zero-order chi connectivity index (χ0) is 58.3. The molecule has 1 aromatic rings. The zero-order valence-corrected chi connectivity index (χ0v) is 45.9. The largest absolute Gasteiger partial charge is 0.394 e. The third-order valence-corrected chi connectivity index (χ3v) is 12.9. The predicted molar refractivity (Wildman–Crippen MR) is 289 cm³/mol. The van der Waals surface area contributed by atoms with Crippen molar-refractivity contribution in [2.24, 2.45) is 23.1 Å². The summed E-state index contributed by atoms with van der Waals surface area (Å²) in [5.41, 5.74) is 18.2. The third kappa shape index (κ3) is 24.6. The van der Waals surface area contributed by atoms with Crippen molar-refractivity contribution >= 4 is 59.1 Å². The predicted octanol–water partition coefficient (Wildman–Crippen LogP) is -3.90. The van der Waals surface area contributed by atoms with Crippen LogP contribution in [0.4, 0.5) is 0 Å². The van der Waals surface area contributed by atoms with E-state index in [1.54, 1.807) is 44.2 Å². The fraction of sp³-hybridized carbons (Fsp3) is 0.692. The summed E-state index contributed by atoms with van der Waals surface area (Å²) in [7, 11) is 0. The maximum Gasteiger partial charge on any atom is 0.245 e. The van der Waals surface area contributed by atoms with E-state index in [1.165, 1.54) is 13.8 Å². The number of nitrogens with one attached hydrogen (secondary N) is 10. The van der Waals surface area contributed by atoms with Crippen LogP contribution < -0.4 is 70.4 Å². The molecule has 1 aromatic carbocycles. The van der Waals surface area contributed by atoms with Crippen LogP contribution in [0.25, 0.3) is 0 Å². The molecule has 1 aliphatic rings. The van der Waals surface area contributed by atoms with Gasteiger partial charge < -0.3 is 85.7 Å². The molecule has 1 saturated heterocycles. The quantitative estimate of drug-likeness (QED) is 0.0394. The maximum atomic E-state index is 14.3. The van der Waals surface area contributed by atoms with Gasteiger partial charge in [-0.15, -0.1) is 0 Å². The number of hydrogen-bond donors (Lipinski definition) is 16. The monoisotopic (exact) mass is 1100 g/mol. The van der Waals surface area contributed by atoms with E-state index in [-0.39, 0.29) is 64.1 Å². The van der Waals surface area contributed by atoms with Crippen LogP contribution in [0.15, 0.2) is 30.3 Å². The van der Waals surface area contributed by atoms with Crippen LogP contribution in [-0.4, -0.2) is 174 Å². The van der Waals surface area contributed by atoms with Crippen molar-refractivity contribution in [3.8, 4) is 0 Å². The second-order valence-corrected chi connectivity index (χ2v) is 20.1. The van der Waals surface area contributed by atoms with Gasteiger partial charge in [-0.05, 0) is 83.5 Å². The number of unbranched alkanes of at least 4 members (excludes halogenated alkanes) is 6. The summed E-state index contributed by atoms with van der Waals surface area (Å²) in [6.45, 7) is 6.20. The number of rotatable bonds is 26. The number of carbonyl (C=O) groups excluding carboxylic acids is 10. The Kier molecular flexibility index (Phi) is 31.9. The highest BCUT2D eigenvalue weighted by atomic mass is 16.3. The lowest BCUT2D eigenvalue weighted by Crippen LogP contribution is -2.61. The topological polar surface area (TPSA) is 430 Å². The minimum absolute atomic E-state index is 0.0540. The first-order chi connectivity index (χ1) is 37.1. The molecule has 26 nitrogen and oxygen atoms in total. The molecule has 10 amide bonds. The molecule has 78 heavy (non-hydrogen) atoms. The Labute approximate surface area is 457 Å². The molecule has 2 rings (SSSR count). The Balaban J connectivity index is 2.63. The SMILES string of the molecule is CCCCCCCCCC(=O)N[C@H](C(=O)N[C@H](CO)C(=O)N[C@H]1CCNC(=O)[C@H]([C@@H](C)O)NC(=O)[C@H](CCN)NC(=O)[C@H](CCN)NC(=O)[C@H](CC(C)C)NC(=O)[C@@H](Cc2ccccc2)NC(=O)[C@H](CCN)NC1=O)[C@@H](C)O. The van der Waals surface area contributed by atoms with Gasteiger partial charge in [-0.2, -0.15) is 0 Å². The summed E-state index contributed by atoms with van der Waals surface area (Å²) in [6.07, 6.45) is 2.59. The number of aliphatic hydroxyl groups is 3. The summed E-state index contributed by atoms with van der Waals surface area (Å²) in [6, 6.07) is -5.06. The van der Waals surface area contributed by atoms with Gasteiger partial charge in [0.2, 0.25) is 59.1 Å². The van der Waals surface area contributed by atoms with E-state index in [4.69, 9.17) is 17.2 Å². The van der Waals surface area contributed by atoms with Crippen molar-refractivity contribution in [1.82, 2.24) is 53.2 Å². The Morgan fingerprint density at radius 3 is 1.62 bits per heavy atom. The fourth-order valence-electron chi connectivity index (χ4n) is 8.43. The number of carbonyl (C=O) groups is 10. The van der Waals surface area contributed by atoms with Crippen molar-refractivity contribution < 1.29 is 63.3 Å². The van der Waals surface area contributed by atoms with Gasteiger partial charge in [0.05, 0.1) is 18.8 Å². The molecule has 0 saturated carbocycles. The van der Waals surface area contributed by atoms with Gasteiger partial charge in [-0.25, -0.2) is 0 Å². The molecule has 0 unspecified atom stereocenters. The third-order valence-electron chi connectivity index (χ3n) is 12.9. The number of amides is 10. The van der Waals surface area contributed by atoms with Crippen molar-refractivity contribution in [3.63, 3.8) is 0 Å². The van der Waals surface area contributed by atoms with E-state index in [9.17, 15) is 63.3 Å². The standard InChI is InChI=1S/C52H89N13O13/c1-6-7-8-9-10-11-15-18-41(69)64-43(32(5)68)52(78)63-40(29-66)50(76)60-37-22-26-56-51(77)42(31(4)67)65-47(73)36(21-25-55)58-44(70)34(19-23-53)59-48(74)38(27-30(2)3)61-49(75)39(28-33-16-13-12-14-17-33)62-45(71)35(20-24-54)57-46(37)72/h12-14,16-17,30-32,34-40,42-43,66-68H,6-11,15,18-29,53-55H2,1-5H3,(H,56,77)(H,57,72)(H,58,70)(H,59,74)(H,60,76)(H,61,75)(H,62,71)(H,63,78)(H,64,69)(H,65,73)/t31-,32-,34+,35+,36+,37+,38+,39-,40-,42+,43+/m1/s1. The van der Waals surface area contributed by atoms with Crippen LogP contribution in [-0.2, 0) is 54.4 Å². The summed E-state index contributed by atoms with van der Waals surface area (Å²) in [5, 5.41) is 56.7. The van der Waals surface area contributed by atoms with E-state index in [0.717, 1.165) is 38.5 Å². The van der Waals surface area contributed by atoms with Gasteiger partial charge >= 0.3 is 0 Å². The first-order valence-electron chi connectivity index (χ1n) is 27.2. The molecule has 11 atom stereocenters. The Hall–Kier alpha value is -6.32. The highest BCUT2D eigenvalue weighted by molar-refractivity contribution is 5.99. The fourth-order valence-corrected chi connectivity index (χ4v) is 8.43. The van der Waals surface area contributed by atoms with Gasteiger partial charge in [0, 0.05) is 19.4 Å². The summed E-state index contributed by atoms with van der Waals surface area (Å²) < 4.78 is 0. The van der Waals surface area contributed by atoms with Crippen molar-refractivity contribution in [3.05, 3.63) is 35.9 Å². The highest BCUT2D eigenvalue weighted by Crippen LogP contribution is 2.12. The Bertz CT molecular complexity index is 2080. The minimum Gasteiger partial charge on any atom is -0.394 e. The molecule has 0 aliphatic carbocycles. The average molecular weight is 1100 g/mol. The van der Waals surface area contributed by atoms with Crippen LogP contribution in [0.1, 0.15) is 124 Å². The zero-order valence-electron chi connectivity index (χ0n) is 45.9. The van der Waals surface area contributed by atoms with Gasteiger partial charge in [-0.1, -0.05) is 89.6 Å². The number of hydrogen-bond acceptors (Lipinski definition) is 16. The lowest BCUT2D eigenvalue weighted by atomic mass is 10.00. The smallest absolute Gasteiger partial charge is 0.245 e. The van der Waals surface area contributed by atoms with Gasteiger partial charge in [0.15, 0.2) is 0 Å². The summed E-state index contributed by atoms with van der Waals surface area (Å²) in [4.78, 5) is 139. The number of nitrogens with two attached hydrogens (primary N) is 3. The lowest BCUT2D eigenvalue weighted by Gasteiger charge is -2.28. The molecule has 440 valence electrons. The second-order valence-electron chi connectivity index (χ2n) is 20.1. The molecule has 0 aromatic heterocycles. The second kappa shape index (κ2) is 36.7. The molecule has 19 N–H and O–H groups in total. The van der Waals surface area contributed by atoms with E-state index in [2.05, 4.69) is 60.1 Å². The van der Waals surface area contributed by atoms with Crippen LogP contribution in [0.2, 0.25) is 0 Å². The van der Waals surface area contributed by atoms with E-state index >= 15 is 0 Å². The molecule has 1 fully saturated rings. The van der Waals surface area contributed by atoms with Crippen LogP contribution in [0.3, 0.4) is 0 Å². The van der Waals surface area contributed by atoms with Crippen LogP contribution in [0.5, 0.6) is 0 Å². The molecule has 1 aliphatic heterocycles. The normalized spacial score (nSPS) is 23.1. The maximum absolute atomic E-state index is 14.3. The van der Waals surface area contributed by atoms with E-state index < -0.39 is 145 Å². The molecular formula is C52H89N13O13. The first kappa shape index (κ1) is 67.8. The summed E-state index contributed by atoms with van der Waals surface area (Å²) in [5.74, 6) is -9.28. The molecular weight excluding hydrogens is 1010 g/mol. The van der Waals surface area contributed by atoms with E-state index in [1.807, 2.05) is 0 Å². The van der Waals surface area contributed by atoms with Crippen LogP contribution in [0, 0.1) is 5.92 Å². The Morgan fingerprint density at radius 2 is 1.10 bits per heavy atom. The van der Waals surface area contributed by atoms with Gasteiger partial charge in [0.1, 0.15) is 54.4 Å². The average Bonchev–Trinajstić information content (AvgIpc) is 3.38. The lowest BCUT2D eigenvalue weighted by molar-refractivity contribution is -0.137.